The van der Waals surface area contributed by atoms with E-state index in [1.165, 1.54) is 6.92 Å². The van der Waals surface area contributed by atoms with E-state index in [0.29, 0.717) is 0 Å². The number of benzene rings is 1. The summed E-state index contributed by atoms with van der Waals surface area (Å²) in [5, 5.41) is 20.2. The van der Waals surface area contributed by atoms with Crippen LogP contribution in [-0.2, 0) is 0 Å². The second-order valence-electron chi connectivity index (χ2n) is 3.88. The standard InChI is InChI=1S/C11H14F2N2O3/c1-5(16)7(14)4-15-8-3-2-6(11(17)18)9(12)10(8)13/h2-3,5,7,15-16H,4,14H2,1H3,(H,17,18). The van der Waals surface area contributed by atoms with Crippen LogP contribution >= 0.6 is 0 Å². The van der Waals surface area contributed by atoms with Gasteiger partial charge in [-0.15, -0.1) is 0 Å². The fourth-order valence-corrected chi connectivity index (χ4v) is 1.25. The minimum absolute atomic E-state index is 0.0282. The third-order valence-corrected chi connectivity index (χ3v) is 2.46. The number of hydrogen-bond donors (Lipinski definition) is 4. The number of carbonyl (C=O) groups is 1. The Morgan fingerprint density at radius 3 is 2.56 bits per heavy atom. The van der Waals surface area contributed by atoms with Gasteiger partial charge in [0.15, 0.2) is 11.6 Å². The molecule has 0 radical (unpaired) electrons. The highest BCUT2D eigenvalue weighted by Gasteiger charge is 2.18. The van der Waals surface area contributed by atoms with Crippen LogP contribution in [0.15, 0.2) is 12.1 Å². The minimum Gasteiger partial charge on any atom is -0.478 e. The lowest BCUT2D eigenvalue weighted by Crippen LogP contribution is -2.38. The predicted molar refractivity (Wildman–Crippen MR) is 61.5 cm³/mol. The Hall–Kier alpha value is -1.73. The van der Waals surface area contributed by atoms with Crippen LogP contribution in [0.3, 0.4) is 0 Å². The number of aliphatic hydroxyl groups is 1. The zero-order valence-corrected chi connectivity index (χ0v) is 9.65. The highest BCUT2D eigenvalue weighted by molar-refractivity contribution is 5.88. The summed E-state index contributed by atoms with van der Waals surface area (Å²) >= 11 is 0. The zero-order chi connectivity index (χ0) is 13.9. The molecule has 1 aromatic carbocycles. The van der Waals surface area contributed by atoms with E-state index in [1.54, 1.807) is 0 Å². The molecule has 0 aliphatic rings. The molecule has 18 heavy (non-hydrogen) atoms. The second-order valence-corrected chi connectivity index (χ2v) is 3.88. The van der Waals surface area contributed by atoms with Crippen molar-refractivity contribution < 1.29 is 23.8 Å². The SMILES string of the molecule is CC(O)C(N)CNc1ccc(C(=O)O)c(F)c1F. The maximum Gasteiger partial charge on any atom is 0.338 e. The van der Waals surface area contributed by atoms with Gasteiger partial charge in [0, 0.05) is 12.6 Å². The molecule has 0 fully saturated rings. The average Bonchev–Trinajstić information content (AvgIpc) is 2.30. The van der Waals surface area contributed by atoms with Gasteiger partial charge in [-0.2, -0.15) is 0 Å². The number of rotatable bonds is 5. The molecule has 2 unspecified atom stereocenters. The molecule has 100 valence electrons. The lowest BCUT2D eigenvalue weighted by Gasteiger charge is -2.16. The Labute approximate surface area is 102 Å². The number of carboxylic acid groups (broad SMARTS) is 1. The molecule has 0 aliphatic heterocycles. The first-order valence-electron chi connectivity index (χ1n) is 5.23. The molecular weight excluding hydrogens is 246 g/mol. The van der Waals surface area contributed by atoms with Crippen LogP contribution in [0.4, 0.5) is 14.5 Å². The molecule has 0 spiro atoms. The molecule has 0 heterocycles. The summed E-state index contributed by atoms with van der Waals surface area (Å²) in [5.74, 6) is -4.26. The first-order valence-corrected chi connectivity index (χ1v) is 5.23. The number of aliphatic hydroxyl groups excluding tert-OH is 1. The van der Waals surface area contributed by atoms with E-state index in [1.807, 2.05) is 0 Å². The summed E-state index contributed by atoms with van der Waals surface area (Å²) in [4.78, 5) is 10.6. The van der Waals surface area contributed by atoms with Gasteiger partial charge in [-0.3, -0.25) is 0 Å². The van der Waals surface area contributed by atoms with Crippen LogP contribution in [-0.4, -0.2) is 34.9 Å². The highest BCUT2D eigenvalue weighted by Crippen LogP contribution is 2.20. The first kappa shape index (κ1) is 14.3. The smallest absolute Gasteiger partial charge is 0.338 e. The molecule has 0 aromatic heterocycles. The van der Waals surface area contributed by atoms with Crippen molar-refractivity contribution in [1.82, 2.24) is 0 Å². The van der Waals surface area contributed by atoms with Gasteiger partial charge in [0.2, 0.25) is 0 Å². The number of halogens is 2. The van der Waals surface area contributed by atoms with Crippen LogP contribution in [0.2, 0.25) is 0 Å². The van der Waals surface area contributed by atoms with Crippen LogP contribution in [0.5, 0.6) is 0 Å². The van der Waals surface area contributed by atoms with E-state index < -0.39 is 35.3 Å². The normalized spacial score (nSPS) is 14.1. The van der Waals surface area contributed by atoms with Gasteiger partial charge in [0.1, 0.15) is 0 Å². The van der Waals surface area contributed by atoms with Crippen molar-refractivity contribution in [1.29, 1.82) is 0 Å². The van der Waals surface area contributed by atoms with Crippen molar-refractivity contribution in [2.24, 2.45) is 5.73 Å². The lowest BCUT2D eigenvalue weighted by atomic mass is 10.1. The van der Waals surface area contributed by atoms with E-state index in [9.17, 15) is 13.6 Å². The Balaban J connectivity index is 2.86. The Morgan fingerprint density at radius 1 is 1.44 bits per heavy atom. The second kappa shape index (κ2) is 5.74. The Morgan fingerprint density at radius 2 is 2.06 bits per heavy atom. The average molecular weight is 260 g/mol. The van der Waals surface area contributed by atoms with Gasteiger partial charge < -0.3 is 21.3 Å². The molecule has 0 bridgehead atoms. The van der Waals surface area contributed by atoms with Crippen LogP contribution in [0.1, 0.15) is 17.3 Å². The fraction of sp³-hybridized carbons (Fsp3) is 0.364. The summed E-state index contributed by atoms with van der Waals surface area (Å²) in [6.07, 6.45) is -0.802. The van der Waals surface area contributed by atoms with Crippen LogP contribution in [0.25, 0.3) is 0 Å². The van der Waals surface area contributed by atoms with Crippen molar-refractivity contribution in [3.8, 4) is 0 Å². The number of hydrogen-bond acceptors (Lipinski definition) is 4. The van der Waals surface area contributed by atoms with Crippen molar-refractivity contribution >= 4 is 11.7 Å². The van der Waals surface area contributed by atoms with E-state index >= 15 is 0 Å². The third kappa shape index (κ3) is 3.14. The van der Waals surface area contributed by atoms with E-state index in [-0.39, 0.29) is 12.2 Å². The predicted octanol–water partition coefficient (Wildman–Crippen LogP) is 0.783. The number of carboxylic acids is 1. The van der Waals surface area contributed by atoms with Gasteiger partial charge in [-0.25, -0.2) is 13.6 Å². The molecule has 2 atom stereocenters. The topological polar surface area (TPSA) is 95.6 Å². The quantitative estimate of drug-likeness (QED) is 0.627. The van der Waals surface area contributed by atoms with Gasteiger partial charge in [-0.1, -0.05) is 0 Å². The van der Waals surface area contributed by atoms with Gasteiger partial charge in [0.05, 0.1) is 17.4 Å². The van der Waals surface area contributed by atoms with Crippen molar-refractivity contribution in [2.45, 2.75) is 19.1 Å². The molecular formula is C11H14F2N2O3. The van der Waals surface area contributed by atoms with E-state index in [0.717, 1.165) is 12.1 Å². The van der Waals surface area contributed by atoms with E-state index in [2.05, 4.69) is 5.32 Å². The summed E-state index contributed by atoms with van der Waals surface area (Å²) < 4.78 is 26.8. The molecule has 0 saturated heterocycles. The molecule has 0 saturated carbocycles. The lowest BCUT2D eigenvalue weighted by molar-refractivity contribution is 0.0690. The van der Waals surface area contributed by atoms with Gasteiger partial charge in [-0.05, 0) is 19.1 Å². The molecule has 1 aromatic rings. The number of aromatic carboxylic acids is 1. The van der Waals surface area contributed by atoms with Crippen LogP contribution in [0, 0.1) is 11.6 Å². The summed E-state index contributed by atoms with van der Waals surface area (Å²) in [6, 6.07) is 1.42. The highest BCUT2D eigenvalue weighted by atomic mass is 19.2. The van der Waals surface area contributed by atoms with Crippen molar-refractivity contribution in [2.75, 3.05) is 11.9 Å². The number of nitrogens with one attached hydrogen (secondary N) is 1. The monoisotopic (exact) mass is 260 g/mol. The molecule has 1 rings (SSSR count). The van der Waals surface area contributed by atoms with Gasteiger partial charge in [0.25, 0.3) is 0 Å². The maximum absolute atomic E-state index is 13.5. The van der Waals surface area contributed by atoms with Crippen LogP contribution < -0.4 is 11.1 Å². The number of nitrogens with two attached hydrogens (primary N) is 1. The summed E-state index contributed by atoms with van der Waals surface area (Å²) in [6.45, 7) is 1.50. The van der Waals surface area contributed by atoms with Crippen molar-refractivity contribution in [3.05, 3.63) is 29.3 Å². The van der Waals surface area contributed by atoms with E-state index in [4.69, 9.17) is 15.9 Å². The number of anilines is 1. The minimum atomic E-state index is -1.54. The molecule has 7 heteroatoms. The Bertz CT molecular complexity index is 452. The largest absolute Gasteiger partial charge is 0.478 e. The summed E-state index contributed by atoms with van der Waals surface area (Å²) in [5.41, 5.74) is 4.57. The maximum atomic E-state index is 13.5. The molecule has 5 N–H and O–H groups in total. The van der Waals surface area contributed by atoms with Crippen molar-refractivity contribution in [3.63, 3.8) is 0 Å². The summed E-state index contributed by atoms with van der Waals surface area (Å²) in [7, 11) is 0. The first-order chi connectivity index (χ1) is 8.34. The molecule has 5 nitrogen and oxygen atoms in total. The Kier molecular flexibility index (Phi) is 4.57. The fourth-order valence-electron chi connectivity index (χ4n) is 1.25. The molecule has 0 amide bonds. The zero-order valence-electron chi connectivity index (χ0n) is 9.65. The van der Waals surface area contributed by atoms with Gasteiger partial charge >= 0.3 is 5.97 Å². The molecule has 0 aliphatic carbocycles. The third-order valence-electron chi connectivity index (χ3n) is 2.46.